The Bertz CT molecular complexity index is 320. The van der Waals surface area contributed by atoms with Gasteiger partial charge in [-0.25, -0.2) is 4.98 Å². The Morgan fingerprint density at radius 2 is 2.33 bits per heavy atom. The van der Waals surface area contributed by atoms with E-state index in [4.69, 9.17) is 4.74 Å². The summed E-state index contributed by atoms with van der Waals surface area (Å²) in [7, 11) is 1.73. The van der Waals surface area contributed by atoms with Gasteiger partial charge in [-0.1, -0.05) is 0 Å². The molecular weight excluding hydrogens is 208 g/mol. The number of aromatic nitrogens is 1. The average Bonchev–Trinajstić information content (AvgIpc) is 2.98. The molecule has 1 fully saturated rings. The molecule has 1 aliphatic carbocycles. The first kappa shape index (κ1) is 11.0. The van der Waals surface area contributed by atoms with Crippen molar-refractivity contribution in [2.24, 2.45) is 0 Å². The number of hydrogen-bond acceptors (Lipinski definition) is 4. The molecule has 1 aliphatic rings. The summed E-state index contributed by atoms with van der Waals surface area (Å²) in [5.41, 5.74) is 1.18. The first-order chi connectivity index (χ1) is 7.29. The van der Waals surface area contributed by atoms with Crippen LogP contribution >= 0.6 is 11.3 Å². The lowest BCUT2D eigenvalue weighted by molar-refractivity contribution is 0.202. The highest BCUT2D eigenvalue weighted by Crippen LogP contribution is 2.22. The van der Waals surface area contributed by atoms with Crippen LogP contribution in [0.2, 0.25) is 0 Å². The molecule has 0 amide bonds. The van der Waals surface area contributed by atoms with Crippen LogP contribution in [-0.4, -0.2) is 24.7 Å². The average molecular weight is 226 g/mol. The molecule has 1 aromatic rings. The highest BCUT2D eigenvalue weighted by atomic mass is 32.1. The molecule has 0 unspecified atom stereocenters. The standard InChI is InChI=1S/C11H18N2OS/c1-8-10(7-12-9-3-4-9)15-11(13-8)5-6-14-2/h9,12H,3-7H2,1-2H3. The van der Waals surface area contributed by atoms with Gasteiger partial charge in [-0.2, -0.15) is 0 Å². The fourth-order valence-corrected chi connectivity index (χ4v) is 2.47. The topological polar surface area (TPSA) is 34.1 Å². The maximum atomic E-state index is 5.05. The van der Waals surface area contributed by atoms with Crippen LogP contribution in [-0.2, 0) is 17.7 Å². The second-order valence-corrected chi connectivity index (χ2v) is 5.18. The van der Waals surface area contributed by atoms with Crippen molar-refractivity contribution in [3.8, 4) is 0 Å². The van der Waals surface area contributed by atoms with Gasteiger partial charge >= 0.3 is 0 Å². The Hall–Kier alpha value is -0.450. The highest BCUT2D eigenvalue weighted by Gasteiger charge is 2.20. The largest absolute Gasteiger partial charge is 0.384 e. The zero-order valence-corrected chi connectivity index (χ0v) is 10.2. The van der Waals surface area contributed by atoms with Gasteiger partial charge in [-0.05, 0) is 19.8 Å². The molecule has 1 N–H and O–H groups in total. The molecule has 1 aromatic heterocycles. The Morgan fingerprint density at radius 3 is 3.00 bits per heavy atom. The van der Waals surface area contributed by atoms with Crippen molar-refractivity contribution in [1.82, 2.24) is 10.3 Å². The predicted molar refractivity (Wildman–Crippen MR) is 62.3 cm³/mol. The predicted octanol–water partition coefficient (Wildman–Crippen LogP) is 1.89. The molecule has 15 heavy (non-hydrogen) atoms. The van der Waals surface area contributed by atoms with Crippen LogP contribution in [0.3, 0.4) is 0 Å². The maximum Gasteiger partial charge on any atom is 0.0954 e. The third kappa shape index (κ3) is 3.26. The van der Waals surface area contributed by atoms with Gasteiger partial charge in [0.1, 0.15) is 0 Å². The molecule has 4 heteroatoms. The van der Waals surface area contributed by atoms with E-state index in [1.807, 2.05) is 11.3 Å². The monoisotopic (exact) mass is 226 g/mol. The maximum absolute atomic E-state index is 5.05. The lowest BCUT2D eigenvalue weighted by Gasteiger charge is -1.99. The number of nitrogens with one attached hydrogen (secondary N) is 1. The SMILES string of the molecule is COCCc1nc(C)c(CNC2CC2)s1. The van der Waals surface area contributed by atoms with Gasteiger partial charge in [0.25, 0.3) is 0 Å². The van der Waals surface area contributed by atoms with E-state index in [0.29, 0.717) is 0 Å². The Morgan fingerprint density at radius 1 is 1.53 bits per heavy atom. The molecule has 1 heterocycles. The number of hydrogen-bond donors (Lipinski definition) is 1. The lowest BCUT2D eigenvalue weighted by atomic mass is 10.4. The zero-order valence-electron chi connectivity index (χ0n) is 9.38. The van der Waals surface area contributed by atoms with Crippen molar-refractivity contribution in [3.63, 3.8) is 0 Å². The van der Waals surface area contributed by atoms with Crippen LogP contribution < -0.4 is 5.32 Å². The van der Waals surface area contributed by atoms with E-state index in [-0.39, 0.29) is 0 Å². The summed E-state index contributed by atoms with van der Waals surface area (Å²) >= 11 is 1.82. The van der Waals surface area contributed by atoms with E-state index in [9.17, 15) is 0 Å². The fourth-order valence-electron chi connectivity index (χ4n) is 1.47. The van der Waals surface area contributed by atoms with E-state index < -0.39 is 0 Å². The molecule has 0 bridgehead atoms. The summed E-state index contributed by atoms with van der Waals surface area (Å²) < 4.78 is 5.05. The first-order valence-electron chi connectivity index (χ1n) is 5.47. The van der Waals surface area contributed by atoms with Crippen molar-refractivity contribution >= 4 is 11.3 Å². The molecule has 84 valence electrons. The first-order valence-corrected chi connectivity index (χ1v) is 6.28. The molecule has 1 saturated carbocycles. The molecular formula is C11H18N2OS. The normalized spacial score (nSPS) is 15.9. The Labute approximate surface area is 94.9 Å². The van der Waals surface area contributed by atoms with E-state index in [2.05, 4.69) is 17.2 Å². The zero-order chi connectivity index (χ0) is 10.7. The lowest BCUT2D eigenvalue weighted by Crippen LogP contribution is -2.14. The molecule has 2 rings (SSSR count). The van der Waals surface area contributed by atoms with E-state index in [1.54, 1.807) is 7.11 Å². The fraction of sp³-hybridized carbons (Fsp3) is 0.727. The van der Waals surface area contributed by atoms with Crippen molar-refractivity contribution in [1.29, 1.82) is 0 Å². The smallest absolute Gasteiger partial charge is 0.0954 e. The van der Waals surface area contributed by atoms with Gasteiger partial charge in [0, 0.05) is 31.0 Å². The van der Waals surface area contributed by atoms with Crippen molar-refractivity contribution in [2.75, 3.05) is 13.7 Å². The van der Waals surface area contributed by atoms with E-state index >= 15 is 0 Å². The summed E-state index contributed by atoms with van der Waals surface area (Å²) in [6, 6.07) is 0.772. The van der Waals surface area contributed by atoms with Crippen molar-refractivity contribution in [2.45, 2.75) is 38.8 Å². The number of ether oxygens (including phenoxy) is 1. The van der Waals surface area contributed by atoms with Gasteiger partial charge < -0.3 is 10.1 Å². The van der Waals surface area contributed by atoms with Crippen molar-refractivity contribution < 1.29 is 4.74 Å². The summed E-state index contributed by atoms with van der Waals surface area (Å²) in [5.74, 6) is 0. The Kier molecular flexibility index (Phi) is 3.72. The van der Waals surface area contributed by atoms with Gasteiger partial charge in [-0.3, -0.25) is 0 Å². The van der Waals surface area contributed by atoms with Crippen LogP contribution in [0.5, 0.6) is 0 Å². The van der Waals surface area contributed by atoms with Gasteiger partial charge in [-0.15, -0.1) is 11.3 Å². The van der Waals surface area contributed by atoms with E-state index in [1.165, 1.54) is 28.4 Å². The summed E-state index contributed by atoms with van der Waals surface area (Å²) in [4.78, 5) is 5.93. The molecule has 0 saturated heterocycles. The van der Waals surface area contributed by atoms with Gasteiger partial charge in [0.05, 0.1) is 17.3 Å². The summed E-state index contributed by atoms with van der Waals surface area (Å²) in [6.07, 6.45) is 3.62. The minimum atomic E-state index is 0.766. The summed E-state index contributed by atoms with van der Waals surface area (Å²) in [5, 5.41) is 4.72. The molecule has 0 radical (unpaired) electrons. The third-order valence-electron chi connectivity index (χ3n) is 2.59. The number of rotatable bonds is 6. The number of aryl methyl sites for hydroxylation is 1. The molecule has 0 aliphatic heterocycles. The van der Waals surface area contributed by atoms with Gasteiger partial charge in [0.15, 0.2) is 0 Å². The van der Waals surface area contributed by atoms with Crippen molar-refractivity contribution in [3.05, 3.63) is 15.6 Å². The minimum Gasteiger partial charge on any atom is -0.384 e. The second-order valence-electron chi connectivity index (χ2n) is 4.01. The minimum absolute atomic E-state index is 0.766. The van der Waals surface area contributed by atoms with Crippen LogP contribution in [0.15, 0.2) is 0 Å². The highest BCUT2D eigenvalue weighted by molar-refractivity contribution is 7.11. The number of methoxy groups -OCH3 is 1. The van der Waals surface area contributed by atoms with Crippen LogP contribution in [0.25, 0.3) is 0 Å². The van der Waals surface area contributed by atoms with Crippen LogP contribution in [0.4, 0.5) is 0 Å². The van der Waals surface area contributed by atoms with E-state index in [0.717, 1.165) is 25.6 Å². The van der Waals surface area contributed by atoms with Crippen LogP contribution in [0.1, 0.15) is 28.4 Å². The number of thiazole rings is 1. The van der Waals surface area contributed by atoms with Crippen LogP contribution in [0, 0.1) is 6.92 Å². The molecule has 3 nitrogen and oxygen atoms in total. The molecule has 0 aromatic carbocycles. The molecule has 0 spiro atoms. The summed E-state index contributed by atoms with van der Waals surface area (Å²) in [6.45, 7) is 3.85. The third-order valence-corrected chi connectivity index (χ3v) is 3.80. The Balaban J connectivity index is 1.87. The quantitative estimate of drug-likeness (QED) is 0.804. The second kappa shape index (κ2) is 5.05. The van der Waals surface area contributed by atoms with Gasteiger partial charge in [0.2, 0.25) is 0 Å². The number of nitrogens with zero attached hydrogens (tertiary/aromatic N) is 1. The molecule has 0 atom stereocenters.